The number of hydrogen-bond donors (Lipinski definition) is 1. The highest BCUT2D eigenvalue weighted by molar-refractivity contribution is 6.31. The van der Waals surface area contributed by atoms with Gasteiger partial charge in [-0.05, 0) is 49.1 Å². The van der Waals surface area contributed by atoms with Crippen LogP contribution < -0.4 is 5.32 Å². The van der Waals surface area contributed by atoms with Gasteiger partial charge >= 0.3 is 0 Å². The molecule has 1 aliphatic rings. The van der Waals surface area contributed by atoms with E-state index in [0.717, 1.165) is 36.8 Å². The molecule has 0 bridgehead atoms. The summed E-state index contributed by atoms with van der Waals surface area (Å²) in [5.41, 5.74) is 1.63. The Hall–Kier alpha value is -2.04. The highest BCUT2D eigenvalue weighted by atomic mass is 35.5. The first-order chi connectivity index (χ1) is 14.4. The molecule has 0 unspecified atom stereocenters. The van der Waals surface area contributed by atoms with E-state index in [4.69, 9.17) is 23.2 Å². The number of nitrogens with one attached hydrogen (secondary N) is 1. The quantitative estimate of drug-likeness (QED) is 0.618. The lowest BCUT2D eigenvalue weighted by atomic mass is 9.95. The van der Waals surface area contributed by atoms with Crippen LogP contribution in [0.25, 0.3) is 0 Å². The van der Waals surface area contributed by atoms with Gasteiger partial charge in [-0.2, -0.15) is 0 Å². The molecule has 1 atom stereocenters. The van der Waals surface area contributed by atoms with E-state index in [0.29, 0.717) is 10.0 Å². The third-order valence-corrected chi connectivity index (χ3v) is 6.27. The molecular formula is C24H28Cl2N2O2. The second-order valence-corrected chi connectivity index (χ2v) is 8.78. The highest BCUT2D eigenvalue weighted by Gasteiger charge is 2.28. The number of amides is 2. The first kappa shape index (κ1) is 22.6. The van der Waals surface area contributed by atoms with Crippen LogP contribution in [0.2, 0.25) is 10.0 Å². The van der Waals surface area contributed by atoms with Gasteiger partial charge in [-0.1, -0.05) is 72.8 Å². The molecule has 1 N–H and O–H groups in total. The molecule has 160 valence electrons. The van der Waals surface area contributed by atoms with Gasteiger partial charge in [0.25, 0.3) is 0 Å². The van der Waals surface area contributed by atoms with Gasteiger partial charge in [0.2, 0.25) is 11.8 Å². The Labute approximate surface area is 188 Å². The van der Waals surface area contributed by atoms with E-state index in [1.807, 2.05) is 30.3 Å². The second-order valence-electron chi connectivity index (χ2n) is 7.94. The maximum absolute atomic E-state index is 13.2. The highest BCUT2D eigenvalue weighted by Crippen LogP contribution is 2.21. The van der Waals surface area contributed by atoms with Crippen LogP contribution in [-0.2, 0) is 22.6 Å². The van der Waals surface area contributed by atoms with Crippen molar-refractivity contribution in [2.75, 3.05) is 0 Å². The molecule has 0 aliphatic heterocycles. The monoisotopic (exact) mass is 446 g/mol. The van der Waals surface area contributed by atoms with Crippen molar-refractivity contribution in [1.29, 1.82) is 0 Å². The first-order valence-corrected chi connectivity index (χ1v) is 11.3. The number of nitrogens with zero attached hydrogens (tertiary/aromatic N) is 1. The fourth-order valence-corrected chi connectivity index (χ4v) is 4.29. The van der Waals surface area contributed by atoms with Crippen molar-refractivity contribution >= 4 is 35.0 Å². The molecule has 0 saturated heterocycles. The van der Waals surface area contributed by atoms with Crippen molar-refractivity contribution in [2.24, 2.45) is 0 Å². The molecule has 0 spiro atoms. The fourth-order valence-electron chi connectivity index (χ4n) is 3.88. The SMILES string of the molecule is C[C@H](C(=O)NC1CCCCC1)N(Cc1ccccc1Cl)C(=O)Cc1cccc(Cl)c1. The summed E-state index contributed by atoms with van der Waals surface area (Å²) in [4.78, 5) is 27.8. The van der Waals surface area contributed by atoms with Gasteiger partial charge in [-0.3, -0.25) is 9.59 Å². The zero-order valence-corrected chi connectivity index (χ0v) is 18.8. The van der Waals surface area contributed by atoms with Crippen LogP contribution in [0.1, 0.15) is 50.2 Å². The zero-order chi connectivity index (χ0) is 21.5. The van der Waals surface area contributed by atoms with Gasteiger partial charge in [0, 0.05) is 22.6 Å². The summed E-state index contributed by atoms with van der Waals surface area (Å²) in [5, 5.41) is 4.31. The minimum absolute atomic E-state index is 0.117. The minimum Gasteiger partial charge on any atom is -0.352 e. The topological polar surface area (TPSA) is 49.4 Å². The molecule has 2 aromatic rings. The summed E-state index contributed by atoms with van der Waals surface area (Å²) >= 11 is 12.4. The number of halogens is 2. The Morgan fingerprint density at radius 1 is 1.07 bits per heavy atom. The van der Waals surface area contributed by atoms with Gasteiger partial charge in [0.1, 0.15) is 6.04 Å². The Morgan fingerprint density at radius 3 is 2.50 bits per heavy atom. The van der Waals surface area contributed by atoms with Crippen LogP contribution in [0.3, 0.4) is 0 Å². The lowest BCUT2D eigenvalue weighted by Gasteiger charge is -2.31. The molecule has 1 saturated carbocycles. The summed E-state index contributed by atoms with van der Waals surface area (Å²) in [7, 11) is 0. The molecule has 6 heteroatoms. The Morgan fingerprint density at radius 2 is 1.80 bits per heavy atom. The molecule has 4 nitrogen and oxygen atoms in total. The van der Waals surface area contributed by atoms with E-state index in [9.17, 15) is 9.59 Å². The molecule has 0 heterocycles. The summed E-state index contributed by atoms with van der Waals surface area (Å²) in [6, 6.07) is 14.2. The lowest BCUT2D eigenvalue weighted by Crippen LogP contribution is -2.50. The van der Waals surface area contributed by atoms with E-state index in [1.165, 1.54) is 6.42 Å². The maximum atomic E-state index is 13.2. The van der Waals surface area contributed by atoms with Gasteiger partial charge in [-0.25, -0.2) is 0 Å². The smallest absolute Gasteiger partial charge is 0.242 e. The number of rotatable bonds is 7. The van der Waals surface area contributed by atoms with Crippen LogP contribution in [-0.4, -0.2) is 28.8 Å². The average Bonchev–Trinajstić information content (AvgIpc) is 2.73. The lowest BCUT2D eigenvalue weighted by molar-refractivity contribution is -0.140. The Balaban J connectivity index is 1.77. The van der Waals surface area contributed by atoms with Crippen LogP contribution >= 0.6 is 23.2 Å². The van der Waals surface area contributed by atoms with Crippen LogP contribution in [0.4, 0.5) is 0 Å². The van der Waals surface area contributed by atoms with Crippen LogP contribution in [0.15, 0.2) is 48.5 Å². The molecule has 1 aliphatic carbocycles. The standard InChI is InChI=1S/C24H28Cl2N2O2/c1-17(24(30)27-21-11-3-2-4-12-21)28(16-19-9-5-6-13-22(19)26)23(29)15-18-8-7-10-20(25)14-18/h5-10,13-14,17,21H,2-4,11-12,15-16H2,1H3,(H,27,30)/t17-/m1/s1. The molecule has 2 aromatic carbocycles. The second kappa shape index (κ2) is 10.8. The number of hydrogen-bond acceptors (Lipinski definition) is 2. The van der Waals surface area contributed by atoms with E-state index in [1.54, 1.807) is 30.0 Å². The van der Waals surface area contributed by atoms with Crippen molar-refractivity contribution in [3.8, 4) is 0 Å². The van der Waals surface area contributed by atoms with Crippen molar-refractivity contribution in [2.45, 2.75) is 64.1 Å². The Kier molecular flexibility index (Phi) is 8.17. The van der Waals surface area contributed by atoms with E-state index in [2.05, 4.69) is 5.32 Å². The predicted molar refractivity (Wildman–Crippen MR) is 122 cm³/mol. The van der Waals surface area contributed by atoms with E-state index >= 15 is 0 Å². The van der Waals surface area contributed by atoms with Crippen LogP contribution in [0.5, 0.6) is 0 Å². The molecular weight excluding hydrogens is 419 g/mol. The summed E-state index contributed by atoms with van der Waals surface area (Å²) in [5.74, 6) is -0.253. The third kappa shape index (κ3) is 6.23. The van der Waals surface area contributed by atoms with Crippen molar-refractivity contribution in [3.63, 3.8) is 0 Å². The minimum atomic E-state index is -0.602. The molecule has 0 aromatic heterocycles. The summed E-state index contributed by atoms with van der Waals surface area (Å²) < 4.78 is 0. The molecule has 1 fully saturated rings. The largest absolute Gasteiger partial charge is 0.352 e. The van der Waals surface area contributed by atoms with E-state index in [-0.39, 0.29) is 30.8 Å². The number of carbonyl (C=O) groups excluding carboxylic acids is 2. The maximum Gasteiger partial charge on any atom is 0.242 e. The van der Waals surface area contributed by atoms with Gasteiger partial charge in [-0.15, -0.1) is 0 Å². The Bertz CT molecular complexity index is 881. The van der Waals surface area contributed by atoms with Crippen molar-refractivity contribution in [3.05, 3.63) is 69.7 Å². The molecule has 2 amide bonds. The summed E-state index contributed by atoms with van der Waals surface area (Å²) in [6.45, 7) is 2.06. The van der Waals surface area contributed by atoms with Gasteiger partial charge in [0.05, 0.1) is 6.42 Å². The van der Waals surface area contributed by atoms with Crippen molar-refractivity contribution < 1.29 is 9.59 Å². The van der Waals surface area contributed by atoms with E-state index < -0.39 is 6.04 Å². The van der Waals surface area contributed by atoms with Gasteiger partial charge < -0.3 is 10.2 Å². The number of benzene rings is 2. The summed E-state index contributed by atoms with van der Waals surface area (Å²) in [6.07, 6.45) is 5.66. The fraction of sp³-hybridized carbons (Fsp3) is 0.417. The number of carbonyl (C=O) groups is 2. The first-order valence-electron chi connectivity index (χ1n) is 10.5. The third-order valence-electron chi connectivity index (χ3n) is 5.66. The zero-order valence-electron chi connectivity index (χ0n) is 17.2. The van der Waals surface area contributed by atoms with Crippen molar-refractivity contribution in [1.82, 2.24) is 10.2 Å². The molecule has 3 rings (SSSR count). The molecule has 30 heavy (non-hydrogen) atoms. The molecule has 0 radical (unpaired) electrons. The normalized spacial score (nSPS) is 15.4. The predicted octanol–water partition coefficient (Wildman–Crippen LogP) is 5.40. The average molecular weight is 447 g/mol. The van der Waals surface area contributed by atoms with Crippen LogP contribution in [0, 0.1) is 0 Å². The van der Waals surface area contributed by atoms with Gasteiger partial charge in [0.15, 0.2) is 0 Å².